The van der Waals surface area contributed by atoms with Crippen LogP contribution in [-0.2, 0) is 19.1 Å². The van der Waals surface area contributed by atoms with E-state index in [1.54, 1.807) is 0 Å². The molecule has 0 bridgehead atoms. The highest BCUT2D eigenvalue weighted by Gasteiger charge is 2.33. The number of carbonyl (C=O) groups is 2. The zero-order valence-electron chi connectivity index (χ0n) is 6.54. The van der Waals surface area contributed by atoms with Crippen LogP contribution in [0.2, 0.25) is 0 Å². The van der Waals surface area contributed by atoms with Crippen molar-refractivity contribution in [2.75, 3.05) is 14.2 Å². The SMILES string of the molecule is COC(=O)[C@@H](F)[C@@H](Br)C(=O)OC. The van der Waals surface area contributed by atoms with Crippen molar-refractivity contribution in [3.63, 3.8) is 0 Å². The molecule has 2 atom stereocenters. The third-order valence-corrected chi connectivity index (χ3v) is 1.95. The van der Waals surface area contributed by atoms with Crippen LogP contribution in [0.25, 0.3) is 0 Å². The molecule has 6 heteroatoms. The smallest absolute Gasteiger partial charge is 0.342 e. The first-order valence-corrected chi connectivity index (χ1v) is 3.90. The Kier molecular flexibility index (Phi) is 4.80. The Balaban J connectivity index is 4.18. The van der Waals surface area contributed by atoms with E-state index < -0.39 is 22.9 Å². The van der Waals surface area contributed by atoms with Crippen molar-refractivity contribution in [3.8, 4) is 0 Å². The van der Waals surface area contributed by atoms with Gasteiger partial charge in [0.15, 0.2) is 4.83 Å². The van der Waals surface area contributed by atoms with Crippen molar-refractivity contribution in [2.24, 2.45) is 0 Å². The van der Waals surface area contributed by atoms with E-state index in [1.807, 2.05) is 0 Å². The molecule has 70 valence electrons. The highest BCUT2D eigenvalue weighted by molar-refractivity contribution is 9.10. The van der Waals surface area contributed by atoms with Crippen LogP contribution in [0.3, 0.4) is 0 Å². The van der Waals surface area contributed by atoms with Crippen molar-refractivity contribution >= 4 is 27.9 Å². The highest BCUT2D eigenvalue weighted by atomic mass is 79.9. The molecule has 0 unspecified atom stereocenters. The number of hydrogen-bond donors (Lipinski definition) is 0. The average Bonchev–Trinajstić information content (AvgIpc) is 2.12. The van der Waals surface area contributed by atoms with Gasteiger partial charge in [0.1, 0.15) is 0 Å². The van der Waals surface area contributed by atoms with Gasteiger partial charge in [-0.1, -0.05) is 15.9 Å². The Hall–Kier alpha value is -0.650. The second kappa shape index (κ2) is 5.08. The Labute approximate surface area is 77.1 Å². The van der Waals surface area contributed by atoms with Crippen molar-refractivity contribution in [3.05, 3.63) is 0 Å². The Bertz CT molecular complexity index is 164. The maximum absolute atomic E-state index is 12.8. The molecule has 0 rings (SSSR count). The van der Waals surface area contributed by atoms with Crippen LogP contribution in [0, 0.1) is 0 Å². The third kappa shape index (κ3) is 2.77. The fourth-order valence-corrected chi connectivity index (χ4v) is 0.867. The van der Waals surface area contributed by atoms with Crippen LogP contribution in [0.1, 0.15) is 0 Å². The molecule has 0 saturated heterocycles. The molecule has 0 aliphatic rings. The zero-order chi connectivity index (χ0) is 9.72. The van der Waals surface area contributed by atoms with Crippen molar-refractivity contribution in [2.45, 2.75) is 11.0 Å². The fraction of sp³-hybridized carbons (Fsp3) is 0.667. The van der Waals surface area contributed by atoms with Gasteiger partial charge in [-0.2, -0.15) is 0 Å². The lowest BCUT2D eigenvalue weighted by atomic mass is 10.3. The molecule has 0 aromatic heterocycles. The van der Waals surface area contributed by atoms with Crippen LogP contribution in [0.4, 0.5) is 4.39 Å². The molecule has 0 radical (unpaired) electrons. The van der Waals surface area contributed by atoms with Crippen LogP contribution >= 0.6 is 15.9 Å². The number of esters is 2. The highest BCUT2D eigenvalue weighted by Crippen LogP contribution is 2.12. The van der Waals surface area contributed by atoms with Crippen molar-refractivity contribution in [1.29, 1.82) is 0 Å². The molecule has 0 amide bonds. The second-order valence-corrected chi connectivity index (χ2v) is 2.84. The average molecular weight is 243 g/mol. The molecule has 12 heavy (non-hydrogen) atoms. The summed E-state index contributed by atoms with van der Waals surface area (Å²) < 4.78 is 21.1. The quantitative estimate of drug-likeness (QED) is 0.533. The lowest BCUT2D eigenvalue weighted by Gasteiger charge is -2.10. The summed E-state index contributed by atoms with van der Waals surface area (Å²) in [6.45, 7) is 0. The summed E-state index contributed by atoms with van der Waals surface area (Å²) in [6, 6.07) is 0. The summed E-state index contributed by atoms with van der Waals surface area (Å²) in [6.07, 6.45) is -2.04. The van der Waals surface area contributed by atoms with Gasteiger partial charge in [0, 0.05) is 0 Å². The standard InChI is InChI=1S/C6H8BrFO4/c1-11-5(9)3(7)4(8)6(10)12-2/h3-4H,1-2H3/t3-,4+/m1/s1. The van der Waals surface area contributed by atoms with E-state index in [0.29, 0.717) is 0 Å². The van der Waals surface area contributed by atoms with E-state index in [9.17, 15) is 14.0 Å². The first-order chi connectivity index (χ1) is 5.54. The fourth-order valence-electron chi connectivity index (χ4n) is 0.464. The molecule has 0 aliphatic heterocycles. The molecule has 0 aromatic rings. The maximum atomic E-state index is 12.8. The predicted molar refractivity (Wildman–Crippen MR) is 41.6 cm³/mol. The monoisotopic (exact) mass is 242 g/mol. The number of hydrogen-bond acceptors (Lipinski definition) is 4. The van der Waals surface area contributed by atoms with Gasteiger partial charge in [0.05, 0.1) is 14.2 Å². The minimum absolute atomic E-state index is 0.854. The Morgan fingerprint density at radius 1 is 1.25 bits per heavy atom. The predicted octanol–water partition coefficient (Wildman–Crippen LogP) is 0.434. The summed E-state index contributed by atoms with van der Waals surface area (Å²) in [5.74, 6) is -1.96. The summed E-state index contributed by atoms with van der Waals surface area (Å²) in [7, 11) is 2.13. The molecule has 4 nitrogen and oxygen atoms in total. The molecule has 0 fully saturated rings. The van der Waals surface area contributed by atoms with Crippen LogP contribution in [0.15, 0.2) is 0 Å². The van der Waals surface area contributed by atoms with Gasteiger partial charge in [-0.3, -0.25) is 4.79 Å². The molecule has 0 saturated carbocycles. The second-order valence-electron chi connectivity index (χ2n) is 1.85. The molecular weight excluding hydrogens is 235 g/mol. The number of halogens is 2. The number of carbonyl (C=O) groups excluding carboxylic acids is 2. The van der Waals surface area contributed by atoms with Crippen molar-refractivity contribution in [1.82, 2.24) is 0 Å². The topological polar surface area (TPSA) is 52.6 Å². The summed E-state index contributed by atoms with van der Waals surface area (Å²) in [4.78, 5) is 19.9. The number of methoxy groups -OCH3 is 2. The van der Waals surface area contributed by atoms with E-state index in [4.69, 9.17) is 0 Å². The number of rotatable bonds is 3. The number of alkyl halides is 2. The minimum Gasteiger partial charge on any atom is -0.468 e. The molecular formula is C6H8BrFO4. The first-order valence-electron chi connectivity index (χ1n) is 2.98. The molecule has 0 spiro atoms. The van der Waals surface area contributed by atoms with Gasteiger partial charge < -0.3 is 9.47 Å². The molecule has 0 heterocycles. The maximum Gasteiger partial charge on any atom is 0.342 e. The van der Waals surface area contributed by atoms with Crippen LogP contribution < -0.4 is 0 Å². The lowest BCUT2D eigenvalue weighted by Crippen LogP contribution is -2.33. The molecule has 0 aromatic carbocycles. The van der Waals surface area contributed by atoms with E-state index in [1.165, 1.54) is 0 Å². The summed E-state index contributed by atoms with van der Waals surface area (Å²) in [5.41, 5.74) is 0. The van der Waals surface area contributed by atoms with E-state index in [-0.39, 0.29) is 0 Å². The molecule has 0 aliphatic carbocycles. The summed E-state index contributed by atoms with van der Waals surface area (Å²) in [5, 5.41) is 0. The van der Waals surface area contributed by atoms with E-state index in [2.05, 4.69) is 25.4 Å². The molecule has 0 N–H and O–H groups in total. The van der Waals surface area contributed by atoms with Gasteiger partial charge >= 0.3 is 11.9 Å². The Morgan fingerprint density at radius 3 is 2.00 bits per heavy atom. The first kappa shape index (κ1) is 11.4. The van der Waals surface area contributed by atoms with E-state index in [0.717, 1.165) is 14.2 Å². The van der Waals surface area contributed by atoms with Crippen LogP contribution in [-0.4, -0.2) is 37.2 Å². The number of ether oxygens (including phenoxy) is 2. The largest absolute Gasteiger partial charge is 0.468 e. The van der Waals surface area contributed by atoms with Gasteiger partial charge in [0.2, 0.25) is 6.17 Å². The van der Waals surface area contributed by atoms with Gasteiger partial charge in [-0.15, -0.1) is 0 Å². The Morgan fingerprint density at radius 2 is 1.67 bits per heavy atom. The van der Waals surface area contributed by atoms with Crippen molar-refractivity contribution < 1.29 is 23.5 Å². The van der Waals surface area contributed by atoms with Gasteiger partial charge in [-0.05, 0) is 0 Å². The minimum atomic E-state index is -2.04. The summed E-state index contributed by atoms with van der Waals surface area (Å²) >= 11 is 2.66. The lowest BCUT2D eigenvalue weighted by molar-refractivity contribution is -0.152. The third-order valence-electron chi connectivity index (χ3n) is 1.11. The zero-order valence-corrected chi connectivity index (χ0v) is 8.13. The van der Waals surface area contributed by atoms with E-state index >= 15 is 0 Å². The van der Waals surface area contributed by atoms with Crippen LogP contribution in [0.5, 0.6) is 0 Å². The van der Waals surface area contributed by atoms with Gasteiger partial charge in [0.25, 0.3) is 0 Å². The van der Waals surface area contributed by atoms with Gasteiger partial charge in [-0.25, -0.2) is 9.18 Å². The normalized spacial score (nSPS) is 14.7.